The highest BCUT2D eigenvalue weighted by Crippen LogP contribution is 2.19. The Hall–Kier alpha value is -1.69. The van der Waals surface area contributed by atoms with Gasteiger partial charge in [-0.3, -0.25) is 9.59 Å². The SMILES string of the molecule is COC(=O)C(C)S(=O)(=O)c1ccc(C(=O)C(C)C)cc1. The number of carbonyl (C=O) groups excluding carboxylic acids is 2. The maximum atomic E-state index is 12.2. The van der Waals surface area contributed by atoms with Crippen LogP contribution in [-0.4, -0.2) is 32.5 Å². The fourth-order valence-electron chi connectivity index (χ4n) is 1.64. The van der Waals surface area contributed by atoms with E-state index in [1.165, 1.54) is 31.2 Å². The average Bonchev–Trinajstić information content (AvgIpc) is 2.44. The normalized spacial score (nSPS) is 13.1. The van der Waals surface area contributed by atoms with Gasteiger partial charge in [-0.25, -0.2) is 8.42 Å². The molecule has 20 heavy (non-hydrogen) atoms. The van der Waals surface area contributed by atoms with E-state index in [2.05, 4.69) is 4.74 Å². The largest absolute Gasteiger partial charge is 0.468 e. The smallest absolute Gasteiger partial charge is 0.324 e. The van der Waals surface area contributed by atoms with E-state index in [9.17, 15) is 18.0 Å². The van der Waals surface area contributed by atoms with Crippen molar-refractivity contribution in [2.24, 2.45) is 5.92 Å². The fourth-order valence-corrected chi connectivity index (χ4v) is 2.91. The van der Waals surface area contributed by atoms with Crippen LogP contribution in [-0.2, 0) is 19.4 Å². The number of carbonyl (C=O) groups is 2. The summed E-state index contributed by atoms with van der Waals surface area (Å²) >= 11 is 0. The van der Waals surface area contributed by atoms with Gasteiger partial charge in [0.15, 0.2) is 20.9 Å². The highest BCUT2D eigenvalue weighted by atomic mass is 32.2. The summed E-state index contributed by atoms with van der Waals surface area (Å²) in [7, 11) is -2.66. The van der Waals surface area contributed by atoms with Crippen LogP contribution in [0.2, 0.25) is 0 Å². The van der Waals surface area contributed by atoms with E-state index < -0.39 is 21.1 Å². The molecule has 0 aliphatic carbocycles. The third kappa shape index (κ3) is 3.25. The minimum Gasteiger partial charge on any atom is -0.468 e. The lowest BCUT2D eigenvalue weighted by molar-refractivity contribution is -0.139. The zero-order valence-electron chi connectivity index (χ0n) is 11.9. The van der Waals surface area contributed by atoms with Crippen molar-refractivity contribution < 1.29 is 22.7 Å². The number of Topliss-reactive ketones (excluding diaryl/α,β-unsaturated/α-hetero) is 1. The van der Waals surface area contributed by atoms with E-state index in [1.54, 1.807) is 13.8 Å². The van der Waals surface area contributed by atoms with Gasteiger partial charge in [-0.1, -0.05) is 26.0 Å². The Morgan fingerprint density at radius 2 is 1.55 bits per heavy atom. The van der Waals surface area contributed by atoms with Crippen molar-refractivity contribution in [2.45, 2.75) is 30.9 Å². The molecule has 1 rings (SSSR count). The molecule has 0 fully saturated rings. The molecule has 0 saturated carbocycles. The van der Waals surface area contributed by atoms with E-state index in [1.807, 2.05) is 0 Å². The number of methoxy groups -OCH3 is 1. The number of rotatable bonds is 5. The maximum Gasteiger partial charge on any atom is 0.324 e. The third-order valence-corrected chi connectivity index (χ3v) is 5.04. The Bertz CT molecular complexity index is 599. The Kier molecular flexibility index (Phi) is 5.05. The van der Waals surface area contributed by atoms with E-state index in [0.29, 0.717) is 5.56 Å². The molecule has 1 aromatic rings. The van der Waals surface area contributed by atoms with Crippen molar-refractivity contribution in [3.8, 4) is 0 Å². The Morgan fingerprint density at radius 1 is 1.05 bits per heavy atom. The molecular weight excluding hydrogens is 280 g/mol. The van der Waals surface area contributed by atoms with Gasteiger partial charge in [-0.05, 0) is 19.1 Å². The Morgan fingerprint density at radius 3 is 1.95 bits per heavy atom. The quantitative estimate of drug-likeness (QED) is 0.612. The molecule has 0 N–H and O–H groups in total. The third-order valence-electron chi connectivity index (χ3n) is 2.99. The summed E-state index contributed by atoms with van der Waals surface area (Å²) in [5, 5.41) is -1.28. The molecule has 5 nitrogen and oxygen atoms in total. The average molecular weight is 298 g/mol. The Labute approximate surface area is 118 Å². The van der Waals surface area contributed by atoms with Crippen molar-refractivity contribution in [1.29, 1.82) is 0 Å². The first-order valence-corrected chi connectivity index (χ1v) is 7.72. The van der Waals surface area contributed by atoms with Crippen LogP contribution in [0.5, 0.6) is 0 Å². The first-order chi connectivity index (χ1) is 9.21. The molecule has 1 aromatic carbocycles. The zero-order chi connectivity index (χ0) is 15.5. The van der Waals surface area contributed by atoms with Crippen LogP contribution in [0.1, 0.15) is 31.1 Å². The molecule has 0 saturated heterocycles. The van der Waals surface area contributed by atoms with Crippen molar-refractivity contribution >= 4 is 21.6 Å². The molecule has 110 valence electrons. The molecule has 0 aromatic heterocycles. The number of benzene rings is 1. The molecule has 0 aliphatic rings. The molecule has 0 amide bonds. The van der Waals surface area contributed by atoms with Gasteiger partial charge in [0.1, 0.15) is 0 Å². The second-order valence-corrected chi connectivity index (χ2v) is 7.02. The number of ketones is 1. The molecule has 1 unspecified atom stereocenters. The number of sulfone groups is 1. The van der Waals surface area contributed by atoms with Crippen LogP contribution in [0.4, 0.5) is 0 Å². The van der Waals surface area contributed by atoms with E-state index in [-0.39, 0.29) is 16.6 Å². The van der Waals surface area contributed by atoms with Crippen LogP contribution < -0.4 is 0 Å². The number of hydrogen-bond acceptors (Lipinski definition) is 5. The summed E-state index contributed by atoms with van der Waals surface area (Å²) in [6.45, 7) is 4.81. The van der Waals surface area contributed by atoms with Crippen LogP contribution in [0.15, 0.2) is 29.2 Å². The number of ether oxygens (including phenoxy) is 1. The molecule has 6 heteroatoms. The van der Waals surface area contributed by atoms with Gasteiger partial charge in [0.25, 0.3) is 0 Å². The van der Waals surface area contributed by atoms with E-state index in [0.717, 1.165) is 7.11 Å². The summed E-state index contributed by atoms with van der Waals surface area (Å²) in [4.78, 5) is 23.1. The predicted octanol–water partition coefficient (Wildman–Crippen LogP) is 1.86. The topological polar surface area (TPSA) is 77.5 Å². The second kappa shape index (κ2) is 6.17. The highest BCUT2D eigenvalue weighted by molar-refractivity contribution is 7.92. The summed E-state index contributed by atoms with van der Waals surface area (Å²) in [5.74, 6) is -1.03. The first kappa shape index (κ1) is 16.4. The lowest BCUT2D eigenvalue weighted by atomic mass is 10.0. The van der Waals surface area contributed by atoms with Crippen molar-refractivity contribution in [3.05, 3.63) is 29.8 Å². The molecule has 0 spiro atoms. The van der Waals surface area contributed by atoms with Crippen molar-refractivity contribution in [2.75, 3.05) is 7.11 Å². The van der Waals surface area contributed by atoms with Crippen LogP contribution >= 0.6 is 0 Å². The minimum absolute atomic E-state index is 0.00398. The standard InChI is InChI=1S/C14H18O5S/c1-9(2)13(15)11-5-7-12(8-6-11)20(17,18)10(3)14(16)19-4/h5-10H,1-4H3. The van der Waals surface area contributed by atoms with Gasteiger partial charge in [0.2, 0.25) is 0 Å². The summed E-state index contributed by atoms with van der Waals surface area (Å²) in [6, 6.07) is 5.59. The highest BCUT2D eigenvalue weighted by Gasteiger charge is 2.30. The van der Waals surface area contributed by atoms with Crippen molar-refractivity contribution in [3.63, 3.8) is 0 Å². The zero-order valence-corrected chi connectivity index (χ0v) is 12.7. The van der Waals surface area contributed by atoms with E-state index >= 15 is 0 Å². The molecular formula is C14H18O5S. The lowest BCUT2D eigenvalue weighted by Gasteiger charge is -2.11. The first-order valence-electron chi connectivity index (χ1n) is 6.17. The Balaban J connectivity index is 3.10. The predicted molar refractivity (Wildman–Crippen MR) is 74.3 cm³/mol. The van der Waals surface area contributed by atoms with Crippen LogP contribution in [0.25, 0.3) is 0 Å². The monoisotopic (exact) mass is 298 g/mol. The molecule has 0 radical (unpaired) electrons. The van der Waals surface area contributed by atoms with Gasteiger partial charge >= 0.3 is 5.97 Å². The minimum atomic E-state index is -3.80. The second-order valence-electron chi connectivity index (χ2n) is 4.75. The molecule has 0 heterocycles. The molecule has 0 bridgehead atoms. The van der Waals surface area contributed by atoms with Crippen molar-refractivity contribution in [1.82, 2.24) is 0 Å². The maximum absolute atomic E-state index is 12.2. The van der Waals surface area contributed by atoms with Gasteiger partial charge in [0, 0.05) is 11.5 Å². The number of hydrogen-bond donors (Lipinski definition) is 0. The summed E-state index contributed by atoms with van der Waals surface area (Å²) in [6.07, 6.45) is 0. The van der Waals surface area contributed by atoms with Crippen LogP contribution in [0, 0.1) is 5.92 Å². The van der Waals surface area contributed by atoms with E-state index in [4.69, 9.17) is 0 Å². The fraction of sp³-hybridized carbons (Fsp3) is 0.429. The van der Waals surface area contributed by atoms with Crippen LogP contribution in [0.3, 0.4) is 0 Å². The molecule has 0 aliphatic heterocycles. The molecule has 1 atom stereocenters. The van der Waals surface area contributed by atoms with Gasteiger partial charge in [-0.15, -0.1) is 0 Å². The summed E-state index contributed by atoms with van der Waals surface area (Å²) < 4.78 is 28.8. The number of esters is 1. The summed E-state index contributed by atoms with van der Waals surface area (Å²) in [5.41, 5.74) is 0.449. The lowest BCUT2D eigenvalue weighted by Crippen LogP contribution is -2.28. The van der Waals surface area contributed by atoms with Gasteiger partial charge in [-0.2, -0.15) is 0 Å². The van der Waals surface area contributed by atoms with Gasteiger partial charge in [0.05, 0.1) is 12.0 Å². The van der Waals surface area contributed by atoms with Gasteiger partial charge < -0.3 is 4.74 Å².